The molecule has 138 valence electrons. The van der Waals surface area contributed by atoms with E-state index in [-0.39, 0.29) is 5.75 Å². The van der Waals surface area contributed by atoms with E-state index in [4.69, 9.17) is 21.1 Å². The van der Waals surface area contributed by atoms with Crippen LogP contribution in [-0.2, 0) is 4.79 Å². The fraction of sp³-hybridized carbons (Fsp3) is 0.263. The summed E-state index contributed by atoms with van der Waals surface area (Å²) in [6, 6.07) is 9.97. The standard InChI is InChI=1S/C19H21ClN2O4/c1-4-25-18-10-14(5-8-17(18)23)11-21-22-19(24)13(3)26-15-6-7-16(20)12(2)9-15/h5-11,13,23H,4H2,1-3H3,(H,22,24). The van der Waals surface area contributed by atoms with Crippen LogP contribution >= 0.6 is 11.6 Å². The first kappa shape index (κ1) is 19.6. The molecule has 2 aromatic rings. The number of amides is 1. The Labute approximate surface area is 157 Å². The zero-order valence-electron chi connectivity index (χ0n) is 14.8. The van der Waals surface area contributed by atoms with E-state index < -0.39 is 12.0 Å². The number of carbonyl (C=O) groups is 1. The van der Waals surface area contributed by atoms with Gasteiger partial charge in [0.25, 0.3) is 5.91 Å². The summed E-state index contributed by atoms with van der Waals surface area (Å²) in [7, 11) is 0. The number of aromatic hydroxyl groups is 1. The molecule has 0 saturated carbocycles. The third-order valence-electron chi connectivity index (χ3n) is 3.48. The van der Waals surface area contributed by atoms with E-state index in [1.807, 2.05) is 13.8 Å². The summed E-state index contributed by atoms with van der Waals surface area (Å²) in [5.74, 6) is 0.571. The minimum absolute atomic E-state index is 0.0494. The van der Waals surface area contributed by atoms with Gasteiger partial charge in [-0.15, -0.1) is 0 Å². The van der Waals surface area contributed by atoms with Gasteiger partial charge in [0.2, 0.25) is 0 Å². The number of nitrogens with one attached hydrogen (secondary N) is 1. The first-order chi connectivity index (χ1) is 12.4. The van der Waals surface area contributed by atoms with Gasteiger partial charge in [-0.3, -0.25) is 4.79 Å². The van der Waals surface area contributed by atoms with E-state index in [1.165, 1.54) is 12.3 Å². The van der Waals surface area contributed by atoms with Crippen molar-refractivity contribution in [3.05, 3.63) is 52.5 Å². The van der Waals surface area contributed by atoms with Gasteiger partial charge in [0.1, 0.15) is 5.75 Å². The quantitative estimate of drug-likeness (QED) is 0.570. The highest BCUT2D eigenvalue weighted by atomic mass is 35.5. The monoisotopic (exact) mass is 376 g/mol. The van der Waals surface area contributed by atoms with Crippen molar-refractivity contribution in [1.29, 1.82) is 0 Å². The number of hydrogen-bond donors (Lipinski definition) is 2. The average molecular weight is 377 g/mol. The molecule has 1 unspecified atom stereocenters. The van der Waals surface area contributed by atoms with Crippen LogP contribution in [0.1, 0.15) is 25.0 Å². The second-order valence-electron chi connectivity index (χ2n) is 5.57. The predicted molar refractivity (Wildman–Crippen MR) is 101 cm³/mol. The molecule has 0 fully saturated rings. The highest BCUT2D eigenvalue weighted by Crippen LogP contribution is 2.26. The summed E-state index contributed by atoms with van der Waals surface area (Å²) in [6.45, 7) is 5.74. The Morgan fingerprint density at radius 1 is 1.35 bits per heavy atom. The molecule has 1 amide bonds. The minimum atomic E-state index is -0.730. The molecule has 6 nitrogen and oxygen atoms in total. The van der Waals surface area contributed by atoms with E-state index in [0.29, 0.717) is 28.7 Å². The molecule has 0 aliphatic carbocycles. The molecule has 2 rings (SSSR count). The van der Waals surface area contributed by atoms with Crippen LogP contribution in [0.25, 0.3) is 0 Å². The lowest BCUT2D eigenvalue weighted by molar-refractivity contribution is -0.127. The smallest absolute Gasteiger partial charge is 0.280 e. The molecule has 0 radical (unpaired) electrons. The molecule has 0 spiro atoms. The molecule has 26 heavy (non-hydrogen) atoms. The van der Waals surface area contributed by atoms with Gasteiger partial charge in [-0.1, -0.05) is 11.6 Å². The molecule has 1 atom stereocenters. The Hall–Kier alpha value is -2.73. The maximum Gasteiger partial charge on any atom is 0.280 e. The molecule has 0 aromatic heterocycles. The van der Waals surface area contributed by atoms with Crippen molar-refractivity contribution in [2.45, 2.75) is 26.9 Å². The first-order valence-electron chi connectivity index (χ1n) is 8.12. The van der Waals surface area contributed by atoms with Crippen molar-refractivity contribution in [3.8, 4) is 17.2 Å². The number of ether oxygens (including phenoxy) is 2. The van der Waals surface area contributed by atoms with Gasteiger partial charge < -0.3 is 14.6 Å². The second-order valence-corrected chi connectivity index (χ2v) is 5.97. The number of carbonyl (C=O) groups excluding carboxylic acids is 1. The number of phenolic OH excluding ortho intramolecular Hbond substituents is 1. The Bertz CT molecular complexity index is 808. The number of rotatable bonds is 7. The predicted octanol–water partition coefficient (Wildman–Crippen LogP) is 3.67. The van der Waals surface area contributed by atoms with E-state index in [0.717, 1.165) is 5.56 Å². The van der Waals surface area contributed by atoms with Crippen LogP contribution in [0.3, 0.4) is 0 Å². The third kappa shape index (κ3) is 5.39. The fourth-order valence-electron chi connectivity index (χ4n) is 2.09. The fourth-order valence-corrected chi connectivity index (χ4v) is 2.21. The molecular weight excluding hydrogens is 356 g/mol. The number of benzene rings is 2. The highest BCUT2D eigenvalue weighted by Gasteiger charge is 2.14. The highest BCUT2D eigenvalue weighted by molar-refractivity contribution is 6.31. The van der Waals surface area contributed by atoms with Crippen molar-refractivity contribution < 1.29 is 19.4 Å². The summed E-state index contributed by atoms with van der Waals surface area (Å²) in [5.41, 5.74) is 3.96. The zero-order valence-corrected chi connectivity index (χ0v) is 15.6. The van der Waals surface area contributed by atoms with E-state index in [9.17, 15) is 9.90 Å². The minimum Gasteiger partial charge on any atom is -0.504 e. The Morgan fingerprint density at radius 2 is 2.12 bits per heavy atom. The molecule has 0 bridgehead atoms. The number of hydrazone groups is 1. The molecule has 0 saturated heterocycles. The van der Waals surface area contributed by atoms with Crippen LogP contribution in [0.5, 0.6) is 17.2 Å². The lowest BCUT2D eigenvalue weighted by atomic mass is 10.2. The SMILES string of the molecule is CCOc1cc(C=NNC(=O)C(C)Oc2ccc(Cl)c(C)c2)ccc1O. The summed E-state index contributed by atoms with van der Waals surface area (Å²) >= 11 is 5.97. The van der Waals surface area contributed by atoms with Crippen LogP contribution in [0, 0.1) is 6.92 Å². The van der Waals surface area contributed by atoms with Crippen LogP contribution in [-0.4, -0.2) is 29.9 Å². The lowest BCUT2D eigenvalue weighted by Crippen LogP contribution is -2.33. The van der Waals surface area contributed by atoms with Crippen molar-refractivity contribution in [2.75, 3.05) is 6.61 Å². The number of nitrogens with zero attached hydrogens (tertiary/aromatic N) is 1. The molecule has 7 heteroatoms. The Balaban J connectivity index is 1.93. The van der Waals surface area contributed by atoms with Crippen LogP contribution in [0.2, 0.25) is 5.02 Å². The largest absolute Gasteiger partial charge is 0.504 e. The third-order valence-corrected chi connectivity index (χ3v) is 3.91. The van der Waals surface area contributed by atoms with Crippen LogP contribution < -0.4 is 14.9 Å². The Morgan fingerprint density at radius 3 is 2.81 bits per heavy atom. The van der Waals surface area contributed by atoms with Gasteiger partial charge in [0, 0.05) is 5.02 Å². The van der Waals surface area contributed by atoms with E-state index in [2.05, 4.69) is 10.5 Å². The molecular formula is C19H21ClN2O4. The maximum atomic E-state index is 12.1. The van der Waals surface area contributed by atoms with Gasteiger partial charge in [-0.05, 0) is 68.3 Å². The average Bonchev–Trinajstić information content (AvgIpc) is 2.61. The summed E-state index contributed by atoms with van der Waals surface area (Å²) < 4.78 is 10.9. The summed E-state index contributed by atoms with van der Waals surface area (Å²) in [5, 5.41) is 14.2. The van der Waals surface area contributed by atoms with Gasteiger partial charge in [0.05, 0.1) is 12.8 Å². The lowest BCUT2D eigenvalue weighted by Gasteiger charge is -2.13. The number of hydrogen-bond acceptors (Lipinski definition) is 5. The van der Waals surface area contributed by atoms with Crippen molar-refractivity contribution >= 4 is 23.7 Å². The normalized spacial score (nSPS) is 12.0. The van der Waals surface area contributed by atoms with Gasteiger partial charge in [-0.25, -0.2) is 5.43 Å². The van der Waals surface area contributed by atoms with E-state index >= 15 is 0 Å². The Kier molecular flexibility index (Phi) is 6.86. The zero-order chi connectivity index (χ0) is 19.1. The van der Waals surface area contributed by atoms with Gasteiger partial charge >= 0.3 is 0 Å². The van der Waals surface area contributed by atoms with E-state index in [1.54, 1.807) is 37.3 Å². The topological polar surface area (TPSA) is 80.2 Å². The molecule has 0 aliphatic heterocycles. The van der Waals surface area contributed by atoms with Crippen LogP contribution in [0.15, 0.2) is 41.5 Å². The number of halogens is 1. The molecule has 0 aliphatic rings. The number of aryl methyl sites for hydroxylation is 1. The molecule has 2 aromatic carbocycles. The van der Waals surface area contributed by atoms with Gasteiger partial charge in [-0.2, -0.15) is 5.10 Å². The van der Waals surface area contributed by atoms with Crippen molar-refractivity contribution in [2.24, 2.45) is 5.10 Å². The first-order valence-corrected chi connectivity index (χ1v) is 8.50. The van der Waals surface area contributed by atoms with Crippen LogP contribution in [0.4, 0.5) is 0 Å². The summed E-state index contributed by atoms with van der Waals surface area (Å²) in [4.78, 5) is 12.1. The van der Waals surface area contributed by atoms with Gasteiger partial charge in [0.15, 0.2) is 17.6 Å². The molecule has 2 N–H and O–H groups in total. The van der Waals surface area contributed by atoms with Crippen molar-refractivity contribution in [3.63, 3.8) is 0 Å². The maximum absolute atomic E-state index is 12.1. The summed E-state index contributed by atoms with van der Waals surface area (Å²) in [6.07, 6.45) is 0.727. The molecule has 0 heterocycles. The number of phenols is 1. The second kappa shape index (κ2) is 9.10. The van der Waals surface area contributed by atoms with Crippen molar-refractivity contribution in [1.82, 2.24) is 5.43 Å².